The number of aromatic nitrogens is 2. The number of carbonyl (C=O) groups excluding carboxylic acids is 1. The fourth-order valence-corrected chi connectivity index (χ4v) is 4.18. The Balaban J connectivity index is 1.58. The molecule has 0 bridgehead atoms. The van der Waals surface area contributed by atoms with Gasteiger partial charge in [-0.05, 0) is 45.1 Å². The summed E-state index contributed by atoms with van der Waals surface area (Å²) in [6, 6.07) is 1.84. The Morgan fingerprint density at radius 2 is 2.16 bits per heavy atom. The maximum Gasteiger partial charge on any atom is 0.345 e. The molecule has 2 aromatic heterocycles. The minimum absolute atomic E-state index is 0.0745. The van der Waals surface area contributed by atoms with Gasteiger partial charge in [0, 0.05) is 42.9 Å². The second-order valence-corrected chi connectivity index (χ2v) is 7.06. The molecule has 1 aliphatic heterocycles. The normalized spacial score (nSPS) is 20.4. The van der Waals surface area contributed by atoms with Crippen LogP contribution in [-0.4, -0.2) is 33.9 Å². The molecular formula is C19H23N3O3. The number of H-pyrrole nitrogens is 1. The number of fused-ring (bicyclic) bond motifs is 1. The first-order valence-electron chi connectivity index (χ1n) is 9.09. The predicted molar refractivity (Wildman–Crippen MR) is 92.8 cm³/mol. The van der Waals surface area contributed by atoms with E-state index in [0.717, 1.165) is 73.4 Å². The van der Waals surface area contributed by atoms with E-state index in [4.69, 9.17) is 4.42 Å². The van der Waals surface area contributed by atoms with Crippen molar-refractivity contribution in [3.05, 3.63) is 51.1 Å². The summed E-state index contributed by atoms with van der Waals surface area (Å²) in [6.45, 7) is 3.27. The summed E-state index contributed by atoms with van der Waals surface area (Å²) in [5, 5.41) is 0. The highest BCUT2D eigenvalue weighted by Crippen LogP contribution is 2.32. The summed E-state index contributed by atoms with van der Waals surface area (Å²) in [5.74, 6) is 1.97. The van der Waals surface area contributed by atoms with Crippen molar-refractivity contribution < 1.29 is 9.21 Å². The van der Waals surface area contributed by atoms with Crippen molar-refractivity contribution in [3.8, 4) is 0 Å². The number of nitrogens with one attached hydrogen (secondary N) is 1. The topological polar surface area (TPSA) is 79.2 Å². The first-order valence-corrected chi connectivity index (χ1v) is 9.09. The van der Waals surface area contributed by atoms with Gasteiger partial charge in [-0.15, -0.1) is 0 Å². The molecule has 0 unspecified atom stereocenters. The van der Waals surface area contributed by atoms with Crippen LogP contribution in [0.15, 0.2) is 21.5 Å². The molecule has 1 atom stereocenters. The van der Waals surface area contributed by atoms with Crippen molar-refractivity contribution in [1.29, 1.82) is 0 Å². The van der Waals surface area contributed by atoms with Crippen LogP contribution < -0.4 is 5.69 Å². The second-order valence-electron chi connectivity index (χ2n) is 7.06. The van der Waals surface area contributed by atoms with Crippen molar-refractivity contribution in [2.75, 3.05) is 13.1 Å². The van der Waals surface area contributed by atoms with Gasteiger partial charge in [0.25, 0.3) is 5.91 Å². The zero-order valence-electron chi connectivity index (χ0n) is 14.5. The van der Waals surface area contributed by atoms with Gasteiger partial charge in [-0.3, -0.25) is 4.79 Å². The van der Waals surface area contributed by atoms with Gasteiger partial charge < -0.3 is 14.3 Å². The third kappa shape index (κ3) is 3.01. The highest BCUT2D eigenvalue weighted by atomic mass is 16.3. The number of furan rings is 1. The lowest BCUT2D eigenvalue weighted by atomic mass is 9.91. The van der Waals surface area contributed by atoms with E-state index >= 15 is 0 Å². The van der Waals surface area contributed by atoms with Crippen LogP contribution in [0.1, 0.15) is 64.7 Å². The molecule has 0 radical (unpaired) electrons. The van der Waals surface area contributed by atoms with Crippen LogP contribution in [0.4, 0.5) is 0 Å². The number of carbonyl (C=O) groups is 1. The fraction of sp³-hybridized carbons (Fsp3) is 0.526. The molecule has 0 spiro atoms. The predicted octanol–water partition coefficient (Wildman–Crippen LogP) is 2.57. The van der Waals surface area contributed by atoms with E-state index < -0.39 is 0 Å². The number of aromatic amines is 1. The molecule has 2 aromatic rings. The van der Waals surface area contributed by atoms with Crippen molar-refractivity contribution in [3.63, 3.8) is 0 Å². The molecule has 3 heterocycles. The summed E-state index contributed by atoms with van der Waals surface area (Å²) >= 11 is 0. The Kier molecular flexibility index (Phi) is 4.19. The molecular weight excluding hydrogens is 318 g/mol. The van der Waals surface area contributed by atoms with Crippen LogP contribution in [0.5, 0.6) is 0 Å². The number of piperidine rings is 1. The standard InChI is InChI=1S/C19H23N3O3/c1-12-17(14-6-2-3-7-16(14)25-12)18(23)22-10-4-5-13(11-22)15-8-9-20-19(24)21-15/h8-9,13H,2-7,10-11H2,1H3,(H,20,21,24)/t13-/m1/s1. The van der Waals surface area contributed by atoms with E-state index in [1.54, 1.807) is 0 Å². The molecule has 1 saturated heterocycles. The molecule has 0 saturated carbocycles. The Morgan fingerprint density at radius 3 is 3.00 bits per heavy atom. The van der Waals surface area contributed by atoms with Crippen molar-refractivity contribution in [1.82, 2.24) is 14.9 Å². The van der Waals surface area contributed by atoms with Crippen molar-refractivity contribution in [2.24, 2.45) is 0 Å². The monoisotopic (exact) mass is 341 g/mol. The highest BCUT2D eigenvalue weighted by Gasteiger charge is 2.31. The minimum Gasteiger partial charge on any atom is -0.465 e. The van der Waals surface area contributed by atoms with E-state index in [1.807, 2.05) is 17.9 Å². The molecule has 1 amide bonds. The molecule has 6 nitrogen and oxygen atoms in total. The number of nitrogens with zero attached hydrogens (tertiary/aromatic N) is 2. The van der Waals surface area contributed by atoms with Gasteiger partial charge in [0.05, 0.1) is 5.56 Å². The lowest BCUT2D eigenvalue weighted by molar-refractivity contribution is 0.0703. The number of aryl methyl sites for hydroxylation is 2. The maximum absolute atomic E-state index is 13.2. The molecule has 2 aliphatic rings. The van der Waals surface area contributed by atoms with E-state index in [9.17, 15) is 9.59 Å². The zero-order chi connectivity index (χ0) is 17.4. The SMILES string of the molecule is Cc1oc2c(c1C(=O)N1CCC[C@@H](c3ccnc(=O)[nH]3)C1)CCCC2. The lowest BCUT2D eigenvalue weighted by Crippen LogP contribution is -2.40. The van der Waals surface area contributed by atoms with Crippen LogP contribution >= 0.6 is 0 Å². The van der Waals surface area contributed by atoms with Crippen LogP contribution in [0.25, 0.3) is 0 Å². The van der Waals surface area contributed by atoms with Gasteiger partial charge in [-0.1, -0.05) is 0 Å². The number of hydrogen-bond donors (Lipinski definition) is 1. The Labute approximate surface area is 146 Å². The first-order chi connectivity index (χ1) is 12.1. The molecule has 0 aromatic carbocycles. The average molecular weight is 341 g/mol. The van der Waals surface area contributed by atoms with Crippen molar-refractivity contribution >= 4 is 5.91 Å². The zero-order valence-corrected chi connectivity index (χ0v) is 14.5. The van der Waals surface area contributed by atoms with E-state index in [2.05, 4.69) is 9.97 Å². The molecule has 132 valence electrons. The van der Waals surface area contributed by atoms with Crippen LogP contribution in [0.2, 0.25) is 0 Å². The van der Waals surface area contributed by atoms with Gasteiger partial charge in [-0.25, -0.2) is 9.78 Å². The van der Waals surface area contributed by atoms with E-state index in [1.165, 1.54) is 6.20 Å². The maximum atomic E-state index is 13.2. The second kappa shape index (κ2) is 6.50. The number of hydrogen-bond acceptors (Lipinski definition) is 4. The Hall–Kier alpha value is -2.37. The molecule has 1 aliphatic carbocycles. The van der Waals surface area contributed by atoms with Crippen LogP contribution in [0.3, 0.4) is 0 Å². The van der Waals surface area contributed by atoms with Gasteiger partial charge in [-0.2, -0.15) is 0 Å². The van der Waals surface area contributed by atoms with Gasteiger partial charge in [0.15, 0.2) is 0 Å². The number of rotatable bonds is 2. The van der Waals surface area contributed by atoms with E-state index in [0.29, 0.717) is 6.54 Å². The summed E-state index contributed by atoms with van der Waals surface area (Å²) in [4.78, 5) is 33.1. The number of likely N-dealkylation sites (tertiary alicyclic amines) is 1. The summed E-state index contributed by atoms with van der Waals surface area (Å²) < 4.78 is 5.87. The third-order valence-electron chi connectivity index (χ3n) is 5.41. The fourth-order valence-electron chi connectivity index (χ4n) is 4.18. The number of amides is 1. The Bertz CT molecular complexity index is 852. The molecule has 25 heavy (non-hydrogen) atoms. The molecule has 1 fully saturated rings. The quantitative estimate of drug-likeness (QED) is 0.910. The van der Waals surface area contributed by atoms with Gasteiger partial charge in [0.2, 0.25) is 0 Å². The van der Waals surface area contributed by atoms with Crippen molar-refractivity contribution in [2.45, 2.75) is 51.4 Å². The molecule has 1 N–H and O–H groups in total. The highest BCUT2D eigenvalue weighted by molar-refractivity contribution is 5.97. The van der Waals surface area contributed by atoms with Crippen LogP contribution in [0, 0.1) is 6.92 Å². The molecule has 6 heteroatoms. The average Bonchev–Trinajstić information content (AvgIpc) is 2.97. The summed E-state index contributed by atoms with van der Waals surface area (Å²) in [6.07, 6.45) is 7.55. The largest absolute Gasteiger partial charge is 0.465 e. The smallest absolute Gasteiger partial charge is 0.345 e. The molecule has 4 rings (SSSR count). The minimum atomic E-state index is -0.333. The summed E-state index contributed by atoms with van der Waals surface area (Å²) in [7, 11) is 0. The van der Waals surface area contributed by atoms with Gasteiger partial charge >= 0.3 is 5.69 Å². The van der Waals surface area contributed by atoms with E-state index in [-0.39, 0.29) is 17.5 Å². The summed E-state index contributed by atoms with van der Waals surface area (Å²) in [5.41, 5.74) is 2.43. The van der Waals surface area contributed by atoms with Gasteiger partial charge in [0.1, 0.15) is 11.5 Å². The lowest BCUT2D eigenvalue weighted by Gasteiger charge is -2.33. The third-order valence-corrected chi connectivity index (χ3v) is 5.41. The Morgan fingerprint density at radius 1 is 1.32 bits per heavy atom. The first kappa shape index (κ1) is 16.1. The van der Waals surface area contributed by atoms with Crippen LogP contribution in [-0.2, 0) is 12.8 Å².